The highest BCUT2D eigenvalue weighted by Crippen LogP contribution is 2.54. The fourth-order valence-electron chi connectivity index (χ4n) is 3.03. The summed E-state index contributed by atoms with van der Waals surface area (Å²) < 4.78 is 4.46. The molecule has 0 aliphatic carbocycles. The van der Waals surface area contributed by atoms with Crippen molar-refractivity contribution in [3.63, 3.8) is 0 Å². The van der Waals surface area contributed by atoms with E-state index < -0.39 is 11.2 Å². The molecule has 26 heavy (non-hydrogen) atoms. The molecular formula is C19H27ClO4S2. The van der Waals surface area contributed by atoms with Gasteiger partial charge in [-0.2, -0.15) is 0 Å². The van der Waals surface area contributed by atoms with Crippen molar-refractivity contribution >= 4 is 52.1 Å². The van der Waals surface area contributed by atoms with Crippen LogP contribution in [0.15, 0.2) is 23.8 Å². The van der Waals surface area contributed by atoms with Crippen LogP contribution in [0.3, 0.4) is 0 Å². The molecule has 1 saturated heterocycles. The number of ether oxygens (including phenoxy) is 1. The predicted molar refractivity (Wildman–Crippen MR) is 111 cm³/mol. The molecule has 0 amide bonds. The summed E-state index contributed by atoms with van der Waals surface area (Å²) in [6, 6.07) is 0. The topological polar surface area (TPSA) is 60.4 Å². The van der Waals surface area contributed by atoms with Crippen LogP contribution in [0.2, 0.25) is 0 Å². The standard InChI is InChI=1S/C19H27ClO4S2/c1-12(2)15(10-16(21)13(3)4)19(25-7-6-8-26-19)11-14(9-17(20)22)18(23)24-5/h9,12,15H,3,6-8,10-11H2,1-2,4-5H3/b14-9+/t15-/m0/s1. The van der Waals surface area contributed by atoms with Crippen molar-refractivity contribution in [2.75, 3.05) is 18.6 Å². The van der Waals surface area contributed by atoms with Gasteiger partial charge in [-0.15, -0.1) is 23.5 Å². The summed E-state index contributed by atoms with van der Waals surface area (Å²) in [5.41, 5.74) is 0.791. The molecule has 1 rings (SSSR count). The van der Waals surface area contributed by atoms with Crippen LogP contribution in [0, 0.1) is 11.8 Å². The normalized spacial score (nSPS) is 18.3. The second-order valence-electron chi connectivity index (χ2n) is 6.76. The first-order chi connectivity index (χ1) is 12.1. The zero-order chi connectivity index (χ0) is 19.9. The number of ketones is 1. The molecule has 4 nitrogen and oxygen atoms in total. The van der Waals surface area contributed by atoms with Gasteiger partial charge in [-0.05, 0) is 53.9 Å². The minimum absolute atomic E-state index is 0.0282. The van der Waals surface area contributed by atoms with Crippen molar-refractivity contribution in [2.24, 2.45) is 11.8 Å². The van der Waals surface area contributed by atoms with Gasteiger partial charge in [0.15, 0.2) is 5.78 Å². The van der Waals surface area contributed by atoms with Crippen LogP contribution in [0.5, 0.6) is 0 Å². The molecule has 1 heterocycles. The van der Waals surface area contributed by atoms with Crippen molar-refractivity contribution in [3.05, 3.63) is 23.8 Å². The fraction of sp³-hybridized carbons (Fsp3) is 0.632. The van der Waals surface area contributed by atoms with Crippen LogP contribution in [0.1, 0.15) is 40.0 Å². The molecule has 146 valence electrons. The molecule has 0 aromatic rings. The number of methoxy groups -OCH3 is 1. The molecule has 1 atom stereocenters. The van der Waals surface area contributed by atoms with Gasteiger partial charge in [0.2, 0.25) is 5.24 Å². The summed E-state index contributed by atoms with van der Waals surface area (Å²) in [6.45, 7) is 9.66. The van der Waals surface area contributed by atoms with Gasteiger partial charge in [-0.3, -0.25) is 9.59 Å². The van der Waals surface area contributed by atoms with Gasteiger partial charge in [0.05, 0.1) is 11.2 Å². The van der Waals surface area contributed by atoms with Crippen molar-refractivity contribution in [1.82, 2.24) is 0 Å². The second-order valence-corrected chi connectivity index (χ2v) is 10.2. The predicted octanol–water partition coefficient (Wildman–Crippen LogP) is 4.62. The van der Waals surface area contributed by atoms with Gasteiger partial charge in [0, 0.05) is 24.5 Å². The number of hydrogen-bond acceptors (Lipinski definition) is 6. The van der Waals surface area contributed by atoms with Crippen molar-refractivity contribution < 1.29 is 19.1 Å². The minimum Gasteiger partial charge on any atom is -0.466 e. The van der Waals surface area contributed by atoms with E-state index in [9.17, 15) is 14.4 Å². The maximum Gasteiger partial charge on any atom is 0.333 e. The lowest BCUT2D eigenvalue weighted by Crippen LogP contribution is -2.40. The smallest absolute Gasteiger partial charge is 0.333 e. The third-order valence-corrected chi connectivity index (χ3v) is 8.08. The first-order valence-electron chi connectivity index (χ1n) is 8.58. The Morgan fingerprint density at radius 3 is 2.27 bits per heavy atom. The monoisotopic (exact) mass is 418 g/mol. The van der Waals surface area contributed by atoms with E-state index in [-0.39, 0.29) is 27.3 Å². The van der Waals surface area contributed by atoms with E-state index in [1.807, 2.05) is 0 Å². The summed E-state index contributed by atoms with van der Waals surface area (Å²) >= 11 is 9.03. The van der Waals surface area contributed by atoms with Crippen molar-refractivity contribution in [3.8, 4) is 0 Å². The third kappa shape index (κ3) is 6.46. The number of carbonyl (C=O) groups excluding carboxylic acids is 3. The quantitative estimate of drug-likeness (QED) is 0.309. The average molecular weight is 419 g/mol. The molecule has 0 N–H and O–H groups in total. The Hall–Kier alpha value is -0.720. The number of halogens is 1. The second kappa shape index (κ2) is 10.6. The SMILES string of the molecule is C=C(C)C(=O)C[C@@H](C(C)C)C1(C/C(=C\C(=O)Cl)C(=O)OC)SCCCS1. The summed E-state index contributed by atoms with van der Waals surface area (Å²) in [4.78, 5) is 36.0. The highest BCUT2D eigenvalue weighted by atomic mass is 35.5. The van der Waals surface area contributed by atoms with Gasteiger partial charge in [0.25, 0.3) is 0 Å². The third-order valence-electron chi connectivity index (χ3n) is 4.40. The Bertz CT molecular complexity index is 592. The minimum atomic E-state index is -0.703. The highest BCUT2D eigenvalue weighted by Gasteiger charge is 2.45. The van der Waals surface area contributed by atoms with Crippen LogP contribution >= 0.6 is 35.1 Å². The molecule has 0 unspecified atom stereocenters. The van der Waals surface area contributed by atoms with Crippen LogP contribution in [0.4, 0.5) is 0 Å². The largest absolute Gasteiger partial charge is 0.466 e. The zero-order valence-corrected chi connectivity index (χ0v) is 18.2. The summed E-state index contributed by atoms with van der Waals surface area (Å²) in [5.74, 6) is 1.62. The lowest BCUT2D eigenvalue weighted by molar-refractivity contribution is -0.136. The van der Waals surface area contributed by atoms with E-state index in [1.54, 1.807) is 30.4 Å². The summed E-state index contributed by atoms with van der Waals surface area (Å²) in [6.07, 6.45) is 2.92. The van der Waals surface area contributed by atoms with E-state index in [4.69, 9.17) is 16.3 Å². The van der Waals surface area contributed by atoms with E-state index in [0.29, 0.717) is 18.4 Å². The number of Topliss-reactive ketones (excluding diaryl/α,β-unsaturated/α-hetero) is 1. The van der Waals surface area contributed by atoms with Crippen molar-refractivity contribution in [1.29, 1.82) is 0 Å². The van der Waals surface area contributed by atoms with Gasteiger partial charge in [-0.1, -0.05) is 20.4 Å². The number of carbonyl (C=O) groups is 3. The number of hydrogen-bond donors (Lipinski definition) is 0. The fourth-order valence-corrected chi connectivity index (χ4v) is 7.10. The Morgan fingerprint density at radius 2 is 1.85 bits per heavy atom. The van der Waals surface area contributed by atoms with Crippen LogP contribution in [0.25, 0.3) is 0 Å². The van der Waals surface area contributed by atoms with E-state index >= 15 is 0 Å². The molecule has 0 bridgehead atoms. The molecule has 7 heteroatoms. The summed E-state index contributed by atoms with van der Waals surface area (Å²) in [5, 5.41) is -0.703. The highest BCUT2D eigenvalue weighted by molar-refractivity contribution is 8.18. The molecule has 0 saturated carbocycles. The molecule has 1 fully saturated rings. The van der Waals surface area contributed by atoms with E-state index in [0.717, 1.165) is 24.0 Å². The van der Waals surface area contributed by atoms with Gasteiger partial charge >= 0.3 is 5.97 Å². The van der Waals surface area contributed by atoms with Gasteiger partial charge in [-0.25, -0.2) is 4.79 Å². The number of rotatable bonds is 9. The Kier molecular flexibility index (Phi) is 9.48. The molecule has 0 spiro atoms. The zero-order valence-electron chi connectivity index (χ0n) is 15.8. The molecule has 1 aliphatic rings. The molecule has 0 aromatic heterocycles. The lowest BCUT2D eigenvalue weighted by atomic mass is 9.83. The summed E-state index contributed by atoms with van der Waals surface area (Å²) in [7, 11) is 1.28. The Labute approximate surface area is 169 Å². The molecule has 0 aromatic carbocycles. The first kappa shape index (κ1) is 23.3. The van der Waals surface area contributed by atoms with Crippen LogP contribution < -0.4 is 0 Å². The van der Waals surface area contributed by atoms with Gasteiger partial charge < -0.3 is 4.74 Å². The van der Waals surface area contributed by atoms with Crippen molar-refractivity contribution in [2.45, 2.75) is 44.1 Å². The van der Waals surface area contributed by atoms with E-state index in [2.05, 4.69) is 20.4 Å². The Balaban J connectivity index is 3.29. The maximum absolute atomic E-state index is 12.4. The average Bonchev–Trinajstić information content (AvgIpc) is 2.58. The molecular weight excluding hydrogens is 392 g/mol. The van der Waals surface area contributed by atoms with Gasteiger partial charge in [0.1, 0.15) is 0 Å². The number of allylic oxidation sites excluding steroid dienone is 2. The van der Waals surface area contributed by atoms with E-state index in [1.165, 1.54) is 7.11 Å². The Morgan fingerprint density at radius 1 is 1.27 bits per heavy atom. The number of thioether (sulfide) groups is 2. The number of esters is 1. The molecule has 1 aliphatic heterocycles. The lowest BCUT2D eigenvalue weighted by Gasteiger charge is -2.44. The van der Waals surface area contributed by atoms with Crippen LogP contribution in [-0.2, 0) is 19.1 Å². The first-order valence-corrected chi connectivity index (χ1v) is 10.9. The molecule has 0 radical (unpaired) electrons. The maximum atomic E-state index is 12.4. The van der Waals surface area contributed by atoms with Crippen LogP contribution in [-0.4, -0.2) is 39.7 Å².